The molecule has 1 aromatic heterocycles. The Morgan fingerprint density at radius 2 is 1.68 bits per heavy atom. The first-order valence-corrected chi connectivity index (χ1v) is 11.5. The van der Waals surface area contributed by atoms with Crippen molar-refractivity contribution in [2.24, 2.45) is 5.14 Å². The Hall–Kier alpha value is -2.30. The molecule has 1 saturated carbocycles. The van der Waals surface area contributed by atoms with Crippen LogP contribution in [0.3, 0.4) is 0 Å². The molecule has 1 aliphatic carbocycles. The van der Waals surface area contributed by atoms with Crippen molar-refractivity contribution in [1.82, 2.24) is 10.3 Å². The Labute approximate surface area is 167 Å². The second-order valence-corrected chi connectivity index (χ2v) is 9.14. The lowest BCUT2D eigenvalue weighted by atomic mass is 10.1. The summed E-state index contributed by atoms with van der Waals surface area (Å²) in [6.45, 7) is 0. The number of carbonyl (C=O) groups excluding carboxylic acids is 2. The van der Waals surface area contributed by atoms with Gasteiger partial charge in [0.1, 0.15) is 5.69 Å². The van der Waals surface area contributed by atoms with Crippen molar-refractivity contribution in [3.8, 4) is 0 Å². The molecule has 150 valence electrons. The van der Waals surface area contributed by atoms with Gasteiger partial charge in [-0.2, -0.15) is 0 Å². The Morgan fingerprint density at radius 1 is 1.04 bits per heavy atom. The summed E-state index contributed by atoms with van der Waals surface area (Å²) in [5.41, 5.74) is 0.529. The number of sulfonamides is 1. The third-order valence-corrected chi connectivity index (χ3v) is 6.28. The lowest BCUT2D eigenvalue weighted by Crippen LogP contribution is -2.34. The highest BCUT2D eigenvalue weighted by molar-refractivity contribution is 7.89. The van der Waals surface area contributed by atoms with Crippen LogP contribution in [0.15, 0.2) is 34.5 Å². The van der Waals surface area contributed by atoms with E-state index >= 15 is 0 Å². The number of nitrogens with zero attached hydrogens (tertiary/aromatic N) is 1. The topological polar surface area (TPSA) is 131 Å². The molecule has 0 atom stereocenters. The van der Waals surface area contributed by atoms with Crippen LogP contribution in [-0.2, 0) is 10.0 Å². The van der Waals surface area contributed by atoms with Crippen LogP contribution in [0.25, 0.3) is 0 Å². The first-order valence-electron chi connectivity index (χ1n) is 9.03. The maximum absolute atomic E-state index is 12.4. The van der Waals surface area contributed by atoms with Crippen molar-refractivity contribution in [2.75, 3.05) is 5.32 Å². The molecule has 1 heterocycles. The average molecular weight is 423 g/mol. The average Bonchev–Trinajstić information content (AvgIpc) is 2.97. The number of rotatable bonds is 5. The summed E-state index contributed by atoms with van der Waals surface area (Å²) in [6.07, 6.45) is 6.61. The quantitative estimate of drug-likeness (QED) is 0.637. The van der Waals surface area contributed by atoms with E-state index < -0.39 is 15.9 Å². The van der Waals surface area contributed by atoms with Crippen LogP contribution in [0.2, 0.25) is 0 Å². The molecule has 0 radical (unpaired) electrons. The minimum atomic E-state index is -3.81. The lowest BCUT2D eigenvalue weighted by Gasteiger charge is -2.15. The molecule has 3 rings (SSSR count). The van der Waals surface area contributed by atoms with Gasteiger partial charge in [-0.25, -0.2) is 18.5 Å². The van der Waals surface area contributed by atoms with Crippen LogP contribution in [-0.4, -0.2) is 31.3 Å². The molecule has 0 bridgehead atoms. The Bertz CT molecular complexity index is 946. The second kappa shape index (κ2) is 8.80. The molecular formula is C18H22N4O4S2. The van der Waals surface area contributed by atoms with E-state index in [2.05, 4.69) is 15.6 Å². The van der Waals surface area contributed by atoms with Gasteiger partial charge in [-0.05, 0) is 37.1 Å². The molecule has 2 aromatic rings. The zero-order valence-corrected chi connectivity index (χ0v) is 16.8. The molecule has 0 saturated heterocycles. The van der Waals surface area contributed by atoms with E-state index in [-0.39, 0.29) is 28.1 Å². The Morgan fingerprint density at radius 3 is 2.29 bits per heavy atom. The van der Waals surface area contributed by atoms with Crippen LogP contribution >= 0.6 is 11.3 Å². The van der Waals surface area contributed by atoms with Gasteiger partial charge in [0, 0.05) is 17.0 Å². The third-order valence-electron chi connectivity index (χ3n) is 4.59. The van der Waals surface area contributed by atoms with Gasteiger partial charge in [0.25, 0.3) is 11.8 Å². The van der Waals surface area contributed by atoms with Crippen molar-refractivity contribution in [1.29, 1.82) is 0 Å². The standard InChI is InChI=1S/C18H22N4O4S2/c19-28(25,26)14-9-7-12(8-10-14)16(23)22-18-21-15(11-27-18)17(24)20-13-5-3-1-2-4-6-13/h7-11,13H,1-6H2,(H,20,24)(H2,19,25,26)(H,21,22,23). The summed E-state index contributed by atoms with van der Waals surface area (Å²) in [4.78, 5) is 28.8. The van der Waals surface area contributed by atoms with Crippen molar-refractivity contribution < 1.29 is 18.0 Å². The minimum absolute atomic E-state index is 0.0734. The largest absolute Gasteiger partial charge is 0.348 e. The van der Waals surface area contributed by atoms with Crippen LogP contribution < -0.4 is 15.8 Å². The molecule has 0 unspecified atom stereocenters. The fraction of sp³-hybridized carbons (Fsp3) is 0.389. The van der Waals surface area contributed by atoms with Gasteiger partial charge in [0.05, 0.1) is 4.90 Å². The highest BCUT2D eigenvalue weighted by Gasteiger charge is 2.18. The third kappa shape index (κ3) is 5.37. The lowest BCUT2D eigenvalue weighted by molar-refractivity contribution is 0.0927. The number of primary sulfonamides is 1. The molecule has 1 aliphatic rings. The van der Waals surface area contributed by atoms with Gasteiger partial charge in [-0.1, -0.05) is 25.7 Å². The predicted octanol–water partition coefficient (Wildman–Crippen LogP) is 2.50. The highest BCUT2D eigenvalue weighted by Crippen LogP contribution is 2.20. The summed E-state index contributed by atoms with van der Waals surface area (Å²) < 4.78 is 22.5. The van der Waals surface area contributed by atoms with Crippen LogP contribution in [0.1, 0.15) is 59.4 Å². The summed E-state index contributed by atoms with van der Waals surface area (Å²) in [7, 11) is -3.81. The summed E-state index contributed by atoms with van der Waals surface area (Å²) in [5.74, 6) is -0.688. The molecule has 4 N–H and O–H groups in total. The van der Waals surface area contributed by atoms with Crippen molar-refractivity contribution in [3.63, 3.8) is 0 Å². The van der Waals surface area contributed by atoms with Gasteiger partial charge < -0.3 is 5.32 Å². The van der Waals surface area contributed by atoms with Crippen LogP contribution in [0, 0.1) is 0 Å². The van der Waals surface area contributed by atoms with E-state index in [0.29, 0.717) is 5.13 Å². The van der Waals surface area contributed by atoms with Gasteiger partial charge in [-0.15, -0.1) is 11.3 Å². The fourth-order valence-electron chi connectivity index (χ4n) is 3.08. The zero-order valence-electron chi connectivity index (χ0n) is 15.2. The number of hydrogen-bond acceptors (Lipinski definition) is 6. The summed E-state index contributed by atoms with van der Waals surface area (Å²) >= 11 is 1.15. The number of benzene rings is 1. The number of thiazole rings is 1. The van der Waals surface area contributed by atoms with Crippen molar-refractivity contribution in [2.45, 2.75) is 49.5 Å². The fourth-order valence-corrected chi connectivity index (χ4v) is 4.28. The molecular weight excluding hydrogens is 400 g/mol. The first-order chi connectivity index (χ1) is 13.3. The number of nitrogens with one attached hydrogen (secondary N) is 2. The Balaban J connectivity index is 1.60. The second-order valence-electron chi connectivity index (χ2n) is 6.72. The molecule has 8 nitrogen and oxygen atoms in total. The van der Waals surface area contributed by atoms with Crippen LogP contribution in [0.4, 0.5) is 5.13 Å². The van der Waals surface area contributed by atoms with Gasteiger partial charge in [-0.3, -0.25) is 14.9 Å². The van der Waals surface area contributed by atoms with Crippen LogP contribution in [0.5, 0.6) is 0 Å². The molecule has 1 fully saturated rings. The van der Waals surface area contributed by atoms with E-state index in [1.165, 1.54) is 37.1 Å². The summed E-state index contributed by atoms with van der Waals surface area (Å²) in [6, 6.07) is 5.42. The van der Waals surface area contributed by atoms with E-state index in [4.69, 9.17) is 5.14 Å². The monoisotopic (exact) mass is 422 g/mol. The van der Waals surface area contributed by atoms with Gasteiger partial charge in [0.15, 0.2) is 5.13 Å². The van der Waals surface area contributed by atoms with E-state index in [9.17, 15) is 18.0 Å². The Kier molecular flexibility index (Phi) is 6.42. The van der Waals surface area contributed by atoms with Gasteiger partial charge in [0.2, 0.25) is 10.0 Å². The van der Waals surface area contributed by atoms with E-state index in [0.717, 1.165) is 37.0 Å². The number of nitrogens with two attached hydrogens (primary N) is 1. The molecule has 1 aromatic carbocycles. The van der Waals surface area contributed by atoms with Gasteiger partial charge >= 0.3 is 0 Å². The molecule has 2 amide bonds. The van der Waals surface area contributed by atoms with E-state index in [1.54, 1.807) is 5.38 Å². The maximum atomic E-state index is 12.4. The number of amides is 2. The maximum Gasteiger partial charge on any atom is 0.271 e. The molecule has 0 spiro atoms. The number of anilines is 1. The van der Waals surface area contributed by atoms with Crippen molar-refractivity contribution >= 4 is 38.3 Å². The van der Waals surface area contributed by atoms with E-state index in [1.807, 2.05) is 0 Å². The number of carbonyl (C=O) groups is 2. The molecule has 0 aliphatic heterocycles. The SMILES string of the molecule is NS(=O)(=O)c1ccc(C(=O)Nc2nc(C(=O)NC3CCCCCC3)cs2)cc1. The zero-order chi connectivity index (χ0) is 20.1. The smallest absolute Gasteiger partial charge is 0.271 e. The number of aromatic nitrogens is 1. The highest BCUT2D eigenvalue weighted by atomic mass is 32.2. The van der Waals surface area contributed by atoms with Crippen molar-refractivity contribution in [3.05, 3.63) is 40.9 Å². The molecule has 10 heteroatoms. The summed E-state index contributed by atoms with van der Waals surface area (Å²) in [5, 5.41) is 12.6. The normalized spacial score (nSPS) is 15.6. The predicted molar refractivity (Wildman–Crippen MR) is 107 cm³/mol. The minimum Gasteiger partial charge on any atom is -0.348 e. The molecule has 28 heavy (non-hydrogen) atoms. The number of hydrogen-bond donors (Lipinski definition) is 3. The first kappa shape index (κ1) is 20.4.